The number of halogens is 1. The second kappa shape index (κ2) is 13.5. The minimum Gasteiger partial charge on any atom is -0.493 e. The normalized spacial score (nSPS) is 10.9. The van der Waals surface area contributed by atoms with Gasteiger partial charge in [-0.05, 0) is 72.2 Å². The number of nitrogens with zero attached hydrogens (tertiary/aromatic N) is 2. The molecule has 0 aliphatic carbocycles. The SMILES string of the molecule is COc1ccc(CCN(Cc2sccc2C)C(=O)CN(CC(C)C)C(=O)c2cccc(Cl)c2)cc1OC. The van der Waals surface area contributed by atoms with Crippen LogP contribution in [0.25, 0.3) is 0 Å². The largest absolute Gasteiger partial charge is 0.493 e. The number of rotatable bonds is 12. The summed E-state index contributed by atoms with van der Waals surface area (Å²) in [6.45, 7) is 7.59. The minimum atomic E-state index is -0.198. The van der Waals surface area contributed by atoms with E-state index in [1.165, 1.54) is 0 Å². The Kier molecular flexibility index (Phi) is 10.4. The fraction of sp³-hybridized carbons (Fsp3) is 0.379. The van der Waals surface area contributed by atoms with Crippen LogP contribution in [0.1, 0.15) is 40.2 Å². The molecule has 0 N–H and O–H groups in total. The first-order valence-corrected chi connectivity index (χ1v) is 13.5. The van der Waals surface area contributed by atoms with Gasteiger partial charge in [-0.2, -0.15) is 0 Å². The summed E-state index contributed by atoms with van der Waals surface area (Å²) in [7, 11) is 3.21. The Balaban J connectivity index is 1.81. The molecule has 3 aromatic rings. The minimum absolute atomic E-state index is 0.000116. The lowest BCUT2D eigenvalue weighted by Crippen LogP contribution is -2.44. The standard InChI is InChI=1S/C29H35ClN2O4S/c1-20(2)17-32(29(34)23-7-6-8-24(30)16-23)19-28(33)31(18-27-21(3)12-14-37-27)13-11-22-9-10-25(35-4)26(15-22)36-5/h6-10,12,14-16,20H,11,13,17-19H2,1-5H3. The van der Waals surface area contributed by atoms with Gasteiger partial charge in [0.05, 0.1) is 20.8 Å². The molecule has 0 unspecified atom stereocenters. The van der Waals surface area contributed by atoms with Gasteiger partial charge in [-0.25, -0.2) is 0 Å². The van der Waals surface area contributed by atoms with Crippen molar-refractivity contribution in [1.82, 2.24) is 9.80 Å². The zero-order valence-electron chi connectivity index (χ0n) is 22.1. The third-order valence-electron chi connectivity index (χ3n) is 6.04. The number of hydrogen-bond acceptors (Lipinski definition) is 5. The monoisotopic (exact) mass is 542 g/mol. The first kappa shape index (κ1) is 28.5. The molecule has 198 valence electrons. The second-order valence-electron chi connectivity index (χ2n) is 9.37. The third kappa shape index (κ3) is 7.98. The smallest absolute Gasteiger partial charge is 0.254 e. The van der Waals surface area contributed by atoms with Crippen LogP contribution < -0.4 is 9.47 Å². The molecule has 3 rings (SSSR count). The van der Waals surface area contributed by atoms with Crippen LogP contribution in [-0.2, 0) is 17.8 Å². The van der Waals surface area contributed by atoms with Crippen molar-refractivity contribution in [2.24, 2.45) is 5.92 Å². The fourth-order valence-corrected chi connectivity index (χ4v) is 5.17. The van der Waals surface area contributed by atoms with Gasteiger partial charge >= 0.3 is 0 Å². The van der Waals surface area contributed by atoms with Gasteiger partial charge in [0, 0.05) is 28.6 Å². The van der Waals surface area contributed by atoms with Crippen molar-refractivity contribution in [1.29, 1.82) is 0 Å². The summed E-state index contributed by atoms with van der Waals surface area (Å²) in [4.78, 5) is 31.6. The molecule has 0 aliphatic rings. The quantitative estimate of drug-likeness (QED) is 0.277. The van der Waals surface area contributed by atoms with Gasteiger partial charge in [0.15, 0.2) is 11.5 Å². The van der Waals surface area contributed by atoms with Crippen LogP contribution in [0.4, 0.5) is 0 Å². The van der Waals surface area contributed by atoms with Crippen molar-refractivity contribution in [2.75, 3.05) is 33.9 Å². The number of thiophene rings is 1. The summed E-state index contributed by atoms with van der Waals surface area (Å²) >= 11 is 7.77. The molecular formula is C29H35ClN2O4S. The summed E-state index contributed by atoms with van der Waals surface area (Å²) in [5, 5.41) is 2.53. The molecule has 0 saturated carbocycles. The number of amides is 2. The van der Waals surface area contributed by atoms with E-state index in [1.807, 2.05) is 42.3 Å². The van der Waals surface area contributed by atoms with Crippen molar-refractivity contribution in [2.45, 2.75) is 33.7 Å². The zero-order valence-corrected chi connectivity index (χ0v) is 23.7. The van der Waals surface area contributed by atoms with Crippen LogP contribution in [-0.4, -0.2) is 55.5 Å². The highest BCUT2D eigenvalue weighted by Gasteiger charge is 2.24. The van der Waals surface area contributed by atoms with Gasteiger partial charge in [0.2, 0.25) is 5.91 Å². The van der Waals surface area contributed by atoms with E-state index in [1.54, 1.807) is 54.7 Å². The number of methoxy groups -OCH3 is 2. The third-order valence-corrected chi connectivity index (χ3v) is 7.29. The highest BCUT2D eigenvalue weighted by atomic mass is 35.5. The Labute approximate surface area is 228 Å². The fourth-order valence-electron chi connectivity index (χ4n) is 4.06. The lowest BCUT2D eigenvalue weighted by atomic mass is 10.1. The number of carbonyl (C=O) groups excluding carboxylic acids is 2. The maximum Gasteiger partial charge on any atom is 0.254 e. The molecule has 1 heterocycles. The Morgan fingerprint density at radius 2 is 1.76 bits per heavy atom. The number of benzene rings is 2. The van der Waals surface area contributed by atoms with Gasteiger partial charge in [-0.3, -0.25) is 9.59 Å². The van der Waals surface area contributed by atoms with Crippen LogP contribution in [0.5, 0.6) is 11.5 Å². The van der Waals surface area contributed by atoms with E-state index in [4.69, 9.17) is 21.1 Å². The number of hydrogen-bond donors (Lipinski definition) is 0. The molecule has 2 aromatic carbocycles. The maximum atomic E-state index is 13.7. The van der Waals surface area contributed by atoms with E-state index < -0.39 is 0 Å². The average Bonchev–Trinajstić information content (AvgIpc) is 3.29. The molecule has 0 atom stereocenters. The number of ether oxygens (including phenoxy) is 2. The van der Waals surface area contributed by atoms with Gasteiger partial charge < -0.3 is 19.3 Å². The summed E-state index contributed by atoms with van der Waals surface area (Å²) in [6.07, 6.45) is 0.642. The Morgan fingerprint density at radius 3 is 2.38 bits per heavy atom. The van der Waals surface area contributed by atoms with Crippen molar-refractivity contribution < 1.29 is 19.1 Å². The van der Waals surface area contributed by atoms with Gasteiger partial charge in [-0.1, -0.05) is 37.6 Å². The Morgan fingerprint density at radius 1 is 1.00 bits per heavy atom. The molecule has 1 aromatic heterocycles. The van der Waals surface area contributed by atoms with Crippen LogP contribution in [0.3, 0.4) is 0 Å². The molecule has 8 heteroatoms. The lowest BCUT2D eigenvalue weighted by molar-refractivity contribution is -0.132. The van der Waals surface area contributed by atoms with Gasteiger partial charge in [0.25, 0.3) is 5.91 Å². The number of aryl methyl sites for hydroxylation is 1. The molecule has 37 heavy (non-hydrogen) atoms. The molecule has 6 nitrogen and oxygen atoms in total. The van der Waals surface area contributed by atoms with E-state index in [2.05, 4.69) is 13.0 Å². The van der Waals surface area contributed by atoms with E-state index in [0.29, 0.717) is 48.1 Å². The predicted octanol–water partition coefficient (Wildman–Crippen LogP) is 6.10. The first-order chi connectivity index (χ1) is 17.7. The lowest BCUT2D eigenvalue weighted by Gasteiger charge is -2.29. The zero-order chi connectivity index (χ0) is 26.9. The van der Waals surface area contributed by atoms with Crippen molar-refractivity contribution in [3.05, 3.63) is 80.5 Å². The first-order valence-electron chi connectivity index (χ1n) is 12.3. The van der Waals surface area contributed by atoms with Crippen LogP contribution >= 0.6 is 22.9 Å². The van der Waals surface area contributed by atoms with Crippen LogP contribution in [0, 0.1) is 12.8 Å². The van der Waals surface area contributed by atoms with E-state index in [9.17, 15) is 9.59 Å². The summed E-state index contributed by atoms with van der Waals surface area (Å²) in [6, 6.07) is 14.7. The van der Waals surface area contributed by atoms with Crippen molar-refractivity contribution in [3.8, 4) is 11.5 Å². The Hall–Kier alpha value is -3.03. The highest BCUT2D eigenvalue weighted by molar-refractivity contribution is 7.10. The van der Waals surface area contributed by atoms with E-state index in [-0.39, 0.29) is 24.3 Å². The molecule has 0 fully saturated rings. The maximum absolute atomic E-state index is 13.7. The molecule has 0 saturated heterocycles. The topological polar surface area (TPSA) is 59.1 Å². The molecular weight excluding hydrogens is 508 g/mol. The summed E-state index contributed by atoms with van der Waals surface area (Å²) in [5.74, 6) is 1.23. The van der Waals surface area contributed by atoms with Crippen LogP contribution in [0.2, 0.25) is 5.02 Å². The van der Waals surface area contributed by atoms with E-state index >= 15 is 0 Å². The predicted molar refractivity (Wildman–Crippen MR) is 150 cm³/mol. The molecule has 0 spiro atoms. The van der Waals surface area contributed by atoms with Crippen LogP contribution in [0.15, 0.2) is 53.9 Å². The summed E-state index contributed by atoms with van der Waals surface area (Å²) < 4.78 is 10.8. The number of carbonyl (C=O) groups is 2. The molecule has 0 aliphatic heterocycles. The molecule has 0 radical (unpaired) electrons. The molecule has 2 amide bonds. The van der Waals surface area contributed by atoms with Gasteiger partial charge in [-0.15, -0.1) is 11.3 Å². The highest BCUT2D eigenvalue weighted by Crippen LogP contribution is 2.28. The van der Waals surface area contributed by atoms with Gasteiger partial charge in [0.1, 0.15) is 6.54 Å². The second-order valence-corrected chi connectivity index (χ2v) is 10.8. The molecule has 0 bridgehead atoms. The average molecular weight is 543 g/mol. The Bertz CT molecular complexity index is 1210. The van der Waals surface area contributed by atoms with E-state index in [0.717, 1.165) is 16.0 Å². The van der Waals surface area contributed by atoms with Crippen molar-refractivity contribution in [3.63, 3.8) is 0 Å². The van der Waals surface area contributed by atoms with Crippen molar-refractivity contribution >= 4 is 34.8 Å². The summed E-state index contributed by atoms with van der Waals surface area (Å²) in [5.41, 5.74) is 2.67.